The molecule has 1 aromatic heterocycles. The van der Waals surface area contributed by atoms with Gasteiger partial charge in [-0.3, -0.25) is 4.79 Å². The summed E-state index contributed by atoms with van der Waals surface area (Å²) in [6.45, 7) is 1.38. The highest BCUT2D eigenvalue weighted by Gasteiger charge is 2.11. The number of aromatic nitrogens is 2. The average molecular weight is 397 g/mol. The summed E-state index contributed by atoms with van der Waals surface area (Å²) in [6.07, 6.45) is 0. The summed E-state index contributed by atoms with van der Waals surface area (Å²) < 4.78 is 20.5. The van der Waals surface area contributed by atoms with Gasteiger partial charge in [0.15, 0.2) is 19.0 Å². The van der Waals surface area contributed by atoms with E-state index in [0.29, 0.717) is 28.6 Å². The number of hydrogen-bond acceptors (Lipinski definition) is 8. The van der Waals surface area contributed by atoms with E-state index in [1.54, 1.807) is 50.4 Å². The molecule has 0 aliphatic rings. The molecule has 0 saturated heterocycles. The summed E-state index contributed by atoms with van der Waals surface area (Å²) in [6, 6.07) is 13.2. The number of methoxy groups -OCH3 is 1. The maximum absolute atomic E-state index is 12.0. The fraction of sp³-hybridized carbons (Fsp3) is 0.200. The van der Waals surface area contributed by atoms with Crippen LogP contribution in [0.3, 0.4) is 0 Å². The Balaban J connectivity index is 1.46. The van der Waals surface area contributed by atoms with E-state index in [0.717, 1.165) is 0 Å². The van der Waals surface area contributed by atoms with Crippen LogP contribution in [0.5, 0.6) is 11.5 Å². The van der Waals surface area contributed by atoms with Crippen LogP contribution in [-0.4, -0.2) is 35.7 Å². The molecule has 0 aliphatic heterocycles. The maximum Gasteiger partial charge on any atom is 0.338 e. The van der Waals surface area contributed by atoms with Crippen molar-refractivity contribution < 1.29 is 28.3 Å². The minimum absolute atomic E-state index is 0.109. The Labute approximate surface area is 166 Å². The standard InChI is InChI=1S/C20H19N3O6/c1-13-21-19(29-23-13)12-28-20(25)14-6-8-16(9-7-14)27-11-18(24)22-15-4-3-5-17(10-15)26-2/h3-10H,11-12H2,1-2H3,(H,22,24). The van der Waals surface area contributed by atoms with Crippen molar-refractivity contribution in [2.24, 2.45) is 0 Å². The van der Waals surface area contributed by atoms with E-state index in [4.69, 9.17) is 18.7 Å². The number of carbonyl (C=O) groups excluding carboxylic acids is 2. The Bertz CT molecular complexity index is 984. The topological polar surface area (TPSA) is 113 Å². The first-order chi connectivity index (χ1) is 14.0. The van der Waals surface area contributed by atoms with Gasteiger partial charge in [-0.2, -0.15) is 4.98 Å². The van der Waals surface area contributed by atoms with Crippen LogP contribution in [0.2, 0.25) is 0 Å². The summed E-state index contributed by atoms with van der Waals surface area (Å²) in [5.74, 6) is 0.904. The lowest BCUT2D eigenvalue weighted by atomic mass is 10.2. The van der Waals surface area contributed by atoms with Crippen molar-refractivity contribution in [3.63, 3.8) is 0 Å². The van der Waals surface area contributed by atoms with Crippen molar-refractivity contribution in [1.29, 1.82) is 0 Å². The number of amides is 1. The zero-order chi connectivity index (χ0) is 20.6. The molecule has 2 aromatic carbocycles. The number of esters is 1. The van der Waals surface area contributed by atoms with E-state index < -0.39 is 5.97 Å². The first kappa shape index (κ1) is 19.9. The molecular weight excluding hydrogens is 378 g/mol. The molecule has 0 spiro atoms. The van der Waals surface area contributed by atoms with Gasteiger partial charge >= 0.3 is 5.97 Å². The lowest BCUT2D eigenvalue weighted by Crippen LogP contribution is -2.20. The highest BCUT2D eigenvalue weighted by molar-refractivity contribution is 5.92. The van der Waals surface area contributed by atoms with E-state index in [9.17, 15) is 9.59 Å². The molecule has 0 aliphatic carbocycles. The Morgan fingerprint density at radius 2 is 1.90 bits per heavy atom. The fourth-order valence-corrected chi connectivity index (χ4v) is 2.34. The largest absolute Gasteiger partial charge is 0.497 e. The van der Waals surface area contributed by atoms with E-state index in [1.165, 1.54) is 12.1 Å². The van der Waals surface area contributed by atoms with Gasteiger partial charge in [0.25, 0.3) is 11.8 Å². The molecular formula is C20H19N3O6. The molecule has 1 heterocycles. The Morgan fingerprint density at radius 1 is 1.10 bits per heavy atom. The van der Waals surface area contributed by atoms with E-state index in [2.05, 4.69) is 15.5 Å². The van der Waals surface area contributed by atoms with Gasteiger partial charge in [-0.15, -0.1) is 0 Å². The number of carbonyl (C=O) groups is 2. The second kappa shape index (κ2) is 9.36. The van der Waals surface area contributed by atoms with Gasteiger partial charge < -0.3 is 24.1 Å². The number of benzene rings is 2. The van der Waals surface area contributed by atoms with Crippen molar-refractivity contribution in [3.8, 4) is 11.5 Å². The number of aryl methyl sites for hydroxylation is 1. The predicted octanol–water partition coefficient (Wildman–Crippen LogP) is 2.76. The summed E-state index contributed by atoms with van der Waals surface area (Å²) in [7, 11) is 1.55. The zero-order valence-corrected chi connectivity index (χ0v) is 15.9. The number of anilines is 1. The van der Waals surface area contributed by atoms with Crippen molar-refractivity contribution in [2.45, 2.75) is 13.5 Å². The van der Waals surface area contributed by atoms with Gasteiger partial charge in [-0.1, -0.05) is 11.2 Å². The van der Waals surface area contributed by atoms with Crippen LogP contribution in [0.15, 0.2) is 53.1 Å². The Morgan fingerprint density at radius 3 is 2.59 bits per heavy atom. The van der Waals surface area contributed by atoms with Crippen LogP contribution in [-0.2, 0) is 16.1 Å². The lowest BCUT2D eigenvalue weighted by molar-refractivity contribution is -0.118. The number of hydrogen-bond donors (Lipinski definition) is 1. The van der Waals surface area contributed by atoms with Crippen LogP contribution in [0.25, 0.3) is 0 Å². The van der Waals surface area contributed by atoms with Crippen molar-refractivity contribution >= 4 is 17.6 Å². The van der Waals surface area contributed by atoms with E-state index in [-0.39, 0.29) is 25.0 Å². The monoisotopic (exact) mass is 397 g/mol. The van der Waals surface area contributed by atoms with Crippen LogP contribution >= 0.6 is 0 Å². The number of rotatable bonds is 8. The molecule has 3 rings (SSSR count). The third-order valence-electron chi connectivity index (χ3n) is 3.71. The second-order valence-electron chi connectivity index (χ2n) is 5.90. The van der Waals surface area contributed by atoms with Crippen LogP contribution in [0, 0.1) is 6.92 Å². The van der Waals surface area contributed by atoms with E-state index >= 15 is 0 Å². The molecule has 1 amide bonds. The fourth-order valence-electron chi connectivity index (χ4n) is 2.34. The van der Waals surface area contributed by atoms with Gasteiger partial charge in [-0.25, -0.2) is 4.79 Å². The summed E-state index contributed by atoms with van der Waals surface area (Å²) in [4.78, 5) is 28.0. The summed E-state index contributed by atoms with van der Waals surface area (Å²) in [5, 5.41) is 6.33. The number of ether oxygens (including phenoxy) is 3. The Hall–Kier alpha value is -3.88. The molecule has 0 fully saturated rings. The van der Waals surface area contributed by atoms with Crippen molar-refractivity contribution in [2.75, 3.05) is 19.0 Å². The summed E-state index contributed by atoms with van der Waals surface area (Å²) in [5.41, 5.74) is 0.932. The van der Waals surface area contributed by atoms with Gasteiger partial charge in [0.2, 0.25) is 0 Å². The third kappa shape index (κ3) is 5.80. The lowest BCUT2D eigenvalue weighted by Gasteiger charge is -2.09. The molecule has 0 unspecified atom stereocenters. The van der Waals surface area contributed by atoms with E-state index in [1.807, 2.05) is 0 Å². The van der Waals surface area contributed by atoms with Crippen LogP contribution in [0.1, 0.15) is 22.1 Å². The first-order valence-corrected chi connectivity index (χ1v) is 8.66. The van der Waals surface area contributed by atoms with Crippen LogP contribution < -0.4 is 14.8 Å². The SMILES string of the molecule is COc1cccc(NC(=O)COc2ccc(C(=O)OCc3nc(C)no3)cc2)c1. The molecule has 150 valence electrons. The van der Waals surface area contributed by atoms with Crippen molar-refractivity contribution in [3.05, 3.63) is 65.8 Å². The molecule has 29 heavy (non-hydrogen) atoms. The molecule has 0 bridgehead atoms. The highest BCUT2D eigenvalue weighted by Crippen LogP contribution is 2.17. The number of nitrogens with one attached hydrogen (secondary N) is 1. The van der Waals surface area contributed by atoms with Gasteiger partial charge in [-0.05, 0) is 43.3 Å². The quantitative estimate of drug-likeness (QED) is 0.578. The smallest absolute Gasteiger partial charge is 0.338 e. The second-order valence-corrected chi connectivity index (χ2v) is 5.90. The third-order valence-corrected chi connectivity index (χ3v) is 3.71. The van der Waals surface area contributed by atoms with Crippen LogP contribution in [0.4, 0.5) is 5.69 Å². The minimum atomic E-state index is -0.539. The van der Waals surface area contributed by atoms with Gasteiger partial charge in [0.05, 0.1) is 12.7 Å². The Kier molecular flexibility index (Phi) is 6.41. The molecule has 0 atom stereocenters. The maximum atomic E-state index is 12.0. The first-order valence-electron chi connectivity index (χ1n) is 8.66. The summed E-state index contributed by atoms with van der Waals surface area (Å²) >= 11 is 0. The molecule has 9 nitrogen and oxygen atoms in total. The van der Waals surface area contributed by atoms with Gasteiger partial charge in [0, 0.05) is 11.8 Å². The normalized spacial score (nSPS) is 10.3. The molecule has 0 radical (unpaired) electrons. The number of nitrogens with zero attached hydrogens (tertiary/aromatic N) is 2. The van der Waals surface area contributed by atoms with Gasteiger partial charge in [0.1, 0.15) is 11.5 Å². The predicted molar refractivity (Wildman–Crippen MR) is 102 cm³/mol. The zero-order valence-electron chi connectivity index (χ0n) is 15.9. The molecule has 9 heteroatoms. The molecule has 1 N–H and O–H groups in total. The average Bonchev–Trinajstić information content (AvgIpc) is 3.16. The minimum Gasteiger partial charge on any atom is -0.497 e. The highest BCUT2D eigenvalue weighted by atomic mass is 16.6. The molecule has 3 aromatic rings. The molecule has 0 saturated carbocycles. The van der Waals surface area contributed by atoms with Crippen molar-refractivity contribution in [1.82, 2.24) is 10.1 Å².